The maximum absolute atomic E-state index is 11.1. The van der Waals surface area contributed by atoms with Gasteiger partial charge in [0.25, 0.3) is 0 Å². The Bertz CT molecular complexity index is 298. The second kappa shape index (κ2) is 3.49. The third-order valence-corrected chi connectivity index (χ3v) is 1.64. The molecule has 1 aromatic rings. The van der Waals surface area contributed by atoms with Gasteiger partial charge in [0, 0.05) is 12.4 Å². The Labute approximate surface area is 75.4 Å². The molecule has 1 N–H and O–H groups in total. The number of carbonyl (C=O) groups excluding carboxylic acids is 1. The molecule has 1 unspecified atom stereocenters. The number of esters is 1. The number of methoxy groups -OCH3 is 1. The van der Waals surface area contributed by atoms with Crippen LogP contribution in [0.2, 0.25) is 0 Å². The Hall–Kier alpha value is -1.49. The van der Waals surface area contributed by atoms with Gasteiger partial charge < -0.3 is 9.84 Å². The number of rotatable bonds is 2. The van der Waals surface area contributed by atoms with Crippen molar-refractivity contribution in [1.29, 1.82) is 0 Å². The Morgan fingerprint density at radius 1 is 1.62 bits per heavy atom. The van der Waals surface area contributed by atoms with Gasteiger partial charge in [-0.3, -0.25) is 9.97 Å². The number of ether oxygens (including phenoxy) is 1. The number of nitrogens with zero attached hydrogens (tertiary/aromatic N) is 2. The first-order valence-corrected chi connectivity index (χ1v) is 3.66. The highest BCUT2D eigenvalue weighted by molar-refractivity contribution is 5.79. The molecule has 0 amide bonds. The van der Waals surface area contributed by atoms with Crippen molar-refractivity contribution in [2.45, 2.75) is 12.5 Å². The molecule has 5 nitrogen and oxygen atoms in total. The molecule has 1 atom stereocenters. The predicted octanol–water partition coefficient (Wildman–Crippen LogP) is -0.143. The normalized spacial score (nSPS) is 14.7. The molecular weight excluding hydrogens is 172 g/mol. The lowest BCUT2D eigenvalue weighted by atomic mass is 10.0. The van der Waals surface area contributed by atoms with E-state index in [4.69, 9.17) is 0 Å². The van der Waals surface area contributed by atoms with Crippen molar-refractivity contribution in [1.82, 2.24) is 9.97 Å². The fourth-order valence-corrected chi connectivity index (χ4v) is 0.854. The first-order chi connectivity index (χ1) is 6.09. The molecule has 5 heteroatoms. The highest BCUT2D eigenvalue weighted by Crippen LogP contribution is 2.18. The first-order valence-electron chi connectivity index (χ1n) is 3.66. The number of carbonyl (C=O) groups is 1. The molecule has 1 rings (SSSR count). The molecule has 70 valence electrons. The summed E-state index contributed by atoms with van der Waals surface area (Å²) in [6.45, 7) is 1.31. The molecule has 13 heavy (non-hydrogen) atoms. The molecule has 0 aliphatic heterocycles. The van der Waals surface area contributed by atoms with E-state index in [2.05, 4.69) is 14.7 Å². The summed E-state index contributed by atoms with van der Waals surface area (Å²) in [6.07, 6.45) is 4.17. The molecule has 0 aromatic carbocycles. The third kappa shape index (κ3) is 1.81. The van der Waals surface area contributed by atoms with Gasteiger partial charge in [-0.1, -0.05) is 0 Å². The lowest BCUT2D eigenvalue weighted by Crippen LogP contribution is -2.34. The summed E-state index contributed by atoms with van der Waals surface area (Å²) >= 11 is 0. The molecule has 0 aliphatic rings. The fourth-order valence-electron chi connectivity index (χ4n) is 0.854. The van der Waals surface area contributed by atoms with Crippen LogP contribution in [0.3, 0.4) is 0 Å². The van der Waals surface area contributed by atoms with E-state index in [9.17, 15) is 9.90 Å². The minimum Gasteiger partial charge on any atom is -0.467 e. The summed E-state index contributed by atoms with van der Waals surface area (Å²) in [5.41, 5.74) is -1.56. The van der Waals surface area contributed by atoms with Crippen molar-refractivity contribution < 1.29 is 14.6 Å². The second-order valence-corrected chi connectivity index (χ2v) is 2.65. The zero-order chi connectivity index (χ0) is 9.90. The van der Waals surface area contributed by atoms with Crippen molar-refractivity contribution in [2.75, 3.05) is 7.11 Å². The Morgan fingerprint density at radius 2 is 2.31 bits per heavy atom. The van der Waals surface area contributed by atoms with Crippen molar-refractivity contribution in [3.8, 4) is 0 Å². The molecule has 0 saturated carbocycles. The molecule has 1 aromatic heterocycles. The quantitative estimate of drug-likeness (QED) is 0.644. The van der Waals surface area contributed by atoms with Gasteiger partial charge in [-0.15, -0.1) is 0 Å². The monoisotopic (exact) mass is 182 g/mol. The van der Waals surface area contributed by atoms with Gasteiger partial charge in [0.1, 0.15) is 5.69 Å². The van der Waals surface area contributed by atoms with Crippen LogP contribution in [0.4, 0.5) is 0 Å². The Morgan fingerprint density at radius 3 is 2.77 bits per heavy atom. The molecule has 0 fully saturated rings. The van der Waals surface area contributed by atoms with Crippen molar-refractivity contribution >= 4 is 5.97 Å². The zero-order valence-corrected chi connectivity index (χ0v) is 7.39. The standard InChI is InChI=1S/C8H10N2O3/c1-8(12,7(11)13-2)6-5-9-3-4-10-6/h3-5,12H,1-2H3. The van der Waals surface area contributed by atoms with Gasteiger partial charge in [-0.05, 0) is 6.92 Å². The Kier molecular flexibility index (Phi) is 2.57. The van der Waals surface area contributed by atoms with E-state index in [1.807, 2.05) is 0 Å². The van der Waals surface area contributed by atoms with E-state index in [0.717, 1.165) is 0 Å². The summed E-state index contributed by atoms with van der Waals surface area (Å²) in [5, 5.41) is 9.68. The summed E-state index contributed by atoms with van der Waals surface area (Å²) < 4.78 is 4.41. The van der Waals surface area contributed by atoms with Gasteiger partial charge in [0.2, 0.25) is 5.60 Å². The van der Waals surface area contributed by atoms with Crippen LogP contribution in [-0.2, 0) is 15.1 Å². The molecular formula is C8H10N2O3. The van der Waals surface area contributed by atoms with Crippen LogP contribution in [0.1, 0.15) is 12.6 Å². The zero-order valence-electron chi connectivity index (χ0n) is 7.39. The van der Waals surface area contributed by atoms with Gasteiger partial charge >= 0.3 is 5.97 Å². The van der Waals surface area contributed by atoms with Crippen molar-refractivity contribution in [3.05, 3.63) is 24.3 Å². The van der Waals surface area contributed by atoms with Gasteiger partial charge in [0.05, 0.1) is 13.3 Å². The smallest absolute Gasteiger partial charge is 0.343 e. The van der Waals surface area contributed by atoms with Crippen LogP contribution < -0.4 is 0 Å². The van der Waals surface area contributed by atoms with E-state index < -0.39 is 11.6 Å². The number of hydrogen-bond acceptors (Lipinski definition) is 5. The minimum absolute atomic E-state index is 0.168. The molecule has 1 heterocycles. The van der Waals surface area contributed by atoms with Crippen molar-refractivity contribution in [2.24, 2.45) is 0 Å². The summed E-state index contributed by atoms with van der Waals surface area (Å²) in [6, 6.07) is 0. The fraction of sp³-hybridized carbons (Fsp3) is 0.375. The van der Waals surface area contributed by atoms with Crippen molar-refractivity contribution in [3.63, 3.8) is 0 Å². The molecule has 0 aliphatic carbocycles. The van der Waals surface area contributed by atoms with E-state index in [1.165, 1.54) is 32.6 Å². The van der Waals surface area contributed by atoms with Crippen LogP contribution in [0, 0.1) is 0 Å². The highest BCUT2D eigenvalue weighted by atomic mass is 16.5. The largest absolute Gasteiger partial charge is 0.467 e. The van der Waals surface area contributed by atoms with Crippen LogP contribution in [0.25, 0.3) is 0 Å². The maximum Gasteiger partial charge on any atom is 0.343 e. The average Bonchev–Trinajstić information content (AvgIpc) is 2.18. The predicted molar refractivity (Wildman–Crippen MR) is 43.6 cm³/mol. The van der Waals surface area contributed by atoms with E-state index >= 15 is 0 Å². The lowest BCUT2D eigenvalue weighted by Gasteiger charge is -2.18. The van der Waals surface area contributed by atoms with Crippen LogP contribution in [-0.4, -0.2) is 28.2 Å². The summed E-state index contributed by atoms with van der Waals surface area (Å²) in [4.78, 5) is 18.6. The van der Waals surface area contributed by atoms with E-state index in [1.54, 1.807) is 0 Å². The topological polar surface area (TPSA) is 72.3 Å². The summed E-state index contributed by atoms with van der Waals surface area (Å²) in [7, 11) is 1.20. The third-order valence-electron chi connectivity index (χ3n) is 1.64. The van der Waals surface area contributed by atoms with Crippen LogP contribution >= 0.6 is 0 Å². The molecule has 0 spiro atoms. The van der Waals surface area contributed by atoms with E-state index in [-0.39, 0.29) is 5.69 Å². The van der Waals surface area contributed by atoms with Crippen LogP contribution in [0.15, 0.2) is 18.6 Å². The molecule has 0 saturated heterocycles. The maximum atomic E-state index is 11.1. The summed E-state index contributed by atoms with van der Waals surface area (Å²) in [5.74, 6) is -0.756. The number of aliphatic hydroxyl groups is 1. The molecule has 0 bridgehead atoms. The van der Waals surface area contributed by atoms with Gasteiger partial charge in [0.15, 0.2) is 0 Å². The van der Waals surface area contributed by atoms with Crippen LogP contribution in [0.5, 0.6) is 0 Å². The highest BCUT2D eigenvalue weighted by Gasteiger charge is 2.35. The molecule has 0 radical (unpaired) electrons. The second-order valence-electron chi connectivity index (χ2n) is 2.65. The van der Waals surface area contributed by atoms with E-state index in [0.29, 0.717) is 0 Å². The minimum atomic E-state index is -1.73. The Balaban J connectivity index is 3.00. The number of aromatic nitrogens is 2. The average molecular weight is 182 g/mol. The first kappa shape index (κ1) is 9.60. The lowest BCUT2D eigenvalue weighted by molar-refractivity contribution is -0.161. The van der Waals surface area contributed by atoms with Gasteiger partial charge in [-0.2, -0.15) is 0 Å². The van der Waals surface area contributed by atoms with Gasteiger partial charge in [-0.25, -0.2) is 4.79 Å². The number of hydrogen-bond donors (Lipinski definition) is 1. The SMILES string of the molecule is COC(=O)C(C)(O)c1cnccn1.